The van der Waals surface area contributed by atoms with Crippen molar-refractivity contribution in [1.82, 2.24) is 24.7 Å². The van der Waals surface area contributed by atoms with Gasteiger partial charge in [-0.05, 0) is 36.6 Å². The highest BCUT2D eigenvalue weighted by Gasteiger charge is 2.31. The lowest BCUT2D eigenvalue weighted by Gasteiger charge is -2.34. The first-order valence-corrected chi connectivity index (χ1v) is 11.5. The number of fused-ring (bicyclic) bond motifs is 1. The smallest absolute Gasteiger partial charge is 0.311 e. The number of rotatable bonds is 5. The van der Waals surface area contributed by atoms with Gasteiger partial charge >= 0.3 is 11.8 Å². The molecule has 2 aliphatic rings. The highest BCUT2D eigenvalue weighted by atomic mass is 35.5. The number of benzene rings is 2. The first-order chi connectivity index (χ1) is 15.6. The molecule has 2 amide bonds. The zero-order chi connectivity index (χ0) is 22.1. The van der Waals surface area contributed by atoms with Gasteiger partial charge in [-0.3, -0.25) is 14.5 Å². The summed E-state index contributed by atoms with van der Waals surface area (Å²) in [6.07, 6.45) is 1.95. The minimum Gasteiger partial charge on any atom is -0.345 e. The molecule has 1 aliphatic heterocycles. The summed E-state index contributed by atoms with van der Waals surface area (Å²) in [6, 6.07) is 16.3. The number of imidazole rings is 1. The van der Waals surface area contributed by atoms with E-state index in [4.69, 9.17) is 16.6 Å². The number of nitrogens with one attached hydrogen (secondary N) is 1. The van der Waals surface area contributed by atoms with Crippen LogP contribution in [0.1, 0.15) is 24.2 Å². The van der Waals surface area contributed by atoms with Crippen LogP contribution in [0.4, 0.5) is 0 Å². The lowest BCUT2D eigenvalue weighted by molar-refractivity contribution is -0.147. The van der Waals surface area contributed by atoms with Crippen molar-refractivity contribution in [2.45, 2.75) is 32.0 Å². The fourth-order valence-corrected chi connectivity index (χ4v) is 4.31. The molecule has 1 saturated heterocycles. The third-order valence-corrected chi connectivity index (χ3v) is 6.34. The van der Waals surface area contributed by atoms with Crippen LogP contribution in [0.25, 0.3) is 11.0 Å². The second kappa shape index (κ2) is 8.92. The van der Waals surface area contributed by atoms with Crippen molar-refractivity contribution in [2.24, 2.45) is 0 Å². The second-order valence-corrected chi connectivity index (χ2v) is 8.99. The van der Waals surface area contributed by atoms with Crippen molar-refractivity contribution in [3.8, 4) is 0 Å². The largest absolute Gasteiger partial charge is 0.345 e. The van der Waals surface area contributed by atoms with Gasteiger partial charge in [-0.2, -0.15) is 0 Å². The minimum absolute atomic E-state index is 0.193. The fourth-order valence-electron chi connectivity index (χ4n) is 4.14. The molecule has 0 spiro atoms. The molecule has 1 aromatic heterocycles. The summed E-state index contributed by atoms with van der Waals surface area (Å²) in [5.41, 5.74) is 3.15. The van der Waals surface area contributed by atoms with Crippen molar-refractivity contribution in [2.75, 3.05) is 26.2 Å². The molecule has 166 valence electrons. The molecule has 0 atom stereocenters. The highest BCUT2D eigenvalue weighted by Crippen LogP contribution is 2.23. The van der Waals surface area contributed by atoms with Crippen molar-refractivity contribution in [3.05, 3.63) is 64.9 Å². The fraction of sp³-hybridized carbons (Fsp3) is 0.375. The Labute approximate surface area is 192 Å². The SMILES string of the molecule is O=C(NC1CC1)C(=O)N1CCN(Cc2nc3cc(Cl)ccc3n2Cc2ccccc2)CC1. The van der Waals surface area contributed by atoms with E-state index in [0.717, 1.165) is 36.2 Å². The van der Waals surface area contributed by atoms with Crippen LogP contribution in [0.5, 0.6) is 0 Å². The van der Waals surface area contributed by atoms with Crippen molar-refractivity contribution >= 4 is 34.4 Å². The molecular weight excluding hydrogens is 426 g/mol. The molecule has 0 unspecified atom stereocenters. The summed E-state index contributed by atoms with van der Waals surface area (Å²) in [7, 11) is 0. The monoisotopic (exact) mass is 451 g/mol. The van der Waals surface area contributed by atoms with Crippen LogP contribution in [0.3, 0.4) is 0 Å². The molecule has 2 heterocycles. The Kier molecular flexibility index (Phi) is 5.85. The number of amides is 2. The van der Waals surface area contributed by atoms with Gasteiger partial charge in [0.2, 0.25) is 0 Å². The average molecular weight is 452 g/mol. The van der Waals surface area contributed by atoms with Gasteiger partial charge in [0.25, 0.3) is 0 Å². The van der Waals surface area contributed by atoms with E-state index in [1.165, 1.54) is 5.56 Å². The van der Waals surface area contributed by atoms with E-state index >= 15 is 0 Å². The van der Waals surface area contributed by atoms with Gasteiger partial charge < -0.3 is 14.8 Å². The number of nitrogens with zero attached hydrogens (tertiary/aromatic N) is 4. The molecule has 1 N–H and O–H groups in total. The number of halogens is 1. The van der Waals surface area contributed by atoms with Gasteiger partial charge in [0.15, 0.2) is 0 Å². The Bertz CT molecular complexity index is 1130. The Hall–Kier alpha value is -2.90. The third kappa shape index (κ3) is 4.64. The second-order valence-electron chi connectivity index (χ2n) is 8.55. The van der Waals surface area contributed by atoms with Gasteiger partial charge in [-0.15, -0.1) is 0 Å². The number of aromatic nitrogens is 2. The molecule has 7 nitrogen and oxygen atoms in total. The van der Waals surface area contributed by atoms with E-state index in [-0.39, 0.29) is 6.04 Å². The van der Waals surface area contributed by atoms with E-state index in [1.54, 1.807) is 4.90 Å². The van der Waals surface area contributed by atoms with Gasteiger partial charge in [0, 0.05) is 43.8 Å². The zero-order valence-corrected chi connectivity index (χ0v) is 18.6. The first kappa shape index (κ1) is 21.0. The highest BCUT2D eigenvalue weighted by molar-refractivity contribution is 6.35. The van der Waals surface area contributed by atoms with Crippen LogP contribution in [-0.2, 0) is 22.7 Å². The van der Waals surface area contributed by atoms with Gasteiger partial charge in [0.05, 0.1) is 17.6 Å². The number of carbonyl (C=O) groups is 2. The number of hydrogen-bond acceptors (Lipinski definition) is 4. The molecule has 32 heavy (non-hydrogen) atoms. The Morgan fingerprint density at radius 2 is 1.75 bits per heavy atom. The average Bonchev–Trinajstić information content (AvgIpc) is 3.56. The molecule has 0 radical (unpaired) electrons. The van der Waals surface area contributed by atoms with Crippen LogP contribution in [-0.4, -0.2) is 63.4 Å². The molecule has 1 saturated carbocycles. The summed E-state index contributed by atoms with van der Waals surface area (Å²) in [4.78, 5) is 33.3. The summed E-state index contributed by atoms with van der Waals surface area (Å²) >= 11 is 6.21. The van der Waals surface area contributed by atoms with Gasteiger partial charge in [-0.25, -0.2) is 4.98 Å². The van der Waals surface area contributed by atoms with Crippen molar-refractivity contribution < 1.29 is 9.59 Å². The summed E-state index contributed by atoms with van der Waals surface area (Å²) in [5, 5.41) is 3.46. The summed E-state index contributed by atoms with van der Waals surface area (Å²) < 4.78 is 2.24. The summed E-state index contributed by atoms with van der Waals surface area (Å²) in [6.45, 7) is 3.91. The quantitative estimate of drug-likeness (QED) is 0.605. The van der Waals surface area contributed by atoms with Crippen LogP contribution in [0.2, 0.25) is 5.02 Å². The lowest BCUT2D eigenvalue weighted by Crippen LogP contribution is -2.52. The maximum atomic E-state index is 12.4. The van der Waals surface area contributed by atoms with E-state index < -0.39 is 11.8 Å². The summed E-state index contributed by atoms with van der Waals surface area (Å²) in [5.74, 6) is 0.0855. The third-order valence-electron chi connectivity index (χ3n) is 6.10. The number of carbonyl (C=O) groups excluding carboxylic acids is 2. The molecule has 2 aromatic carbocycles. The number of piperazine rings is 1. The Morgan fingerprint density at radius 3 is 2.47 bits per heavy atom. The van der Waals surface area contributed by atoms with Gasteiger partial charge in [-0.1, -0.05) is 41.9 Å². The minimum atomic E-state index is -0.470. The van der Waals surface area contributed by atoms with Crippen LogP contribution >= 0.6 is 11.6 Å². The van der Waals surface area contributed by atoms with Crippen LogP contribution < -0.4 is 5.32 Å². The van der Waals surface area contributed by atoms with Crippen LogP contribution in [0, 0.1) is 0 Å². The zero-order valence-electron chi connectivity index (χ0n) is 17.8. The molecule has 5 rings (SSSR count). The van der Waals surface area contributed by atoms with Crippen LogP contribution in [0.15, 0.2) is 48.5 Å². The topological polar surface area (TPSA) is 70.5 Å². The molecule has 0 bridgehead atoms. The van der Waals surface area contributed by atoms with E-state index in [1.807, 2.05) is 36.4 Å². The maximum absolute atomic E-state index is 12.4. The number of hydrogen-bond donors (Lipinski definition) is 1. The molecule has 8 heteroatoms. The normalized spacial score (nSPS) is 17.0. The molecule has 2 fully saturated rings. The van der Waals surface area contributed by atoms with Crippen molar-refractivity contribution in [3.63, 3.8) is 0 Å². The Balaban J connectivity index is 1.29. The lowest BCUT2D eigenvalue weighted by atomic mass is 10.2. The van der Waals surface area contributed by atoms with E-state index in [9.17, 15) is 9.59 Å². The predicted molar refractivity (Wildman–Crippen MR) is 123 cm³/mol. The van der Waals surface area contributed by atoms with E-state index in [2.05, 4.69) is 26.9 Å². The van der Waals surface area contributed by atoms with E-state index in [0.29, 0.717) is 37.7 Å². The van der Waals surface area contributed by atoms with Crippen molar-refractivity contribution in [1.29, 1.82) is 0 Å². The maximum Gasteiger partial charge on any atom is 0.311 e. The molecule has 1 aliphatic carbocycles. The predicted octanol–water partition coefficient (Wildman–Crippen LogP) is 2.66. The molecular formula is C24H26ClN5O2. The first-order valence-electron chi connectivity index (χ1n) is 11.1. The Morgan fingerprint density at radius 1 is 1.00 bits per heavy atom. The standard InChI is InChI=1S/C24H26ClN5O2/c25-18-6-9-21-20(14-18)27-22(30(21)15-17-4-2-1-3-5-17)16-28-10-12-29(13-11-28)24(32)23(31)26-19-7-8-19/h1-6,9,14,19H,7-8,10-13,15-16H2,(H,26,31). The van der Waals surface area contributed by atoms with Gasteiger partial charge in [0.1, 0.15) is 5.82 Å². The molecule has 3 aromatic rings.